The Kier molecular flexibility index (Phi) is 7.56. The Bertz CT molecular complexity index is 516. The molecule has 3 N–H and O–H groups in total. The van der Waals surface area contributed by atoms with Crippen molar-refractivity contribution in [3.05, 3.63) is 34.6 Å². The molecule has 1 aromatic carbocycles. The lowest BCUT2D eigenvalue weighted by atomic mass is 9.92. The topological polar surface area (TPSA) is 61.4 Å². The van der Waals surface area contributed by atoms with E-state index in [2.05, 4.69) is 10.6 Å². The van der Waals surface area contributed by atoms with Crippen molar-refractivity contribution in [1.29, 1.82) is 0 Å². The molecule has 0 radical (unpaired) electrons. The summed E-state index contributed by atoms with van der Waals surface area (Å²) >= 11 is 5.60. The predicted molar refractivity (Wildman–Crippen MR) is 86.8 cm³/mol. The van der Waals surface area contributed by atoms with Crippen LogP contribution in [0.3, 0.4) is 0 Å². The van der Waals surface area contributed by atoms with Crippen LogP contribution >= 0.6 is 24.0 Å². The summed E-state index contributed by atoms with van der Waals surface area (Å²) in [6, 6.07) is 4.46. The van der Waals surface area contributed by atoms with Crippen LogP contribution in [0.5, 0.6) is 0 Å². The van der Waals surface area contributed by atoms with Gasteiger partial charge in [-0.05, 0) is 44.0 Å². The number of piperidine rings is 1. The summed E-state index contributed by atoms with van der Waals surface area (Å²) in [5, 5.41) is 16.0. The van der Waals surface area contributed by atoms with Crippen molar-refractivity contribution in [2.24, 2.45) is 5.92 Å². The standard InChI is InChI=1S/C15H20ClFN2O2.ClH/c1-9-6-11(4-5-18-9)15(21)19-8-14(20)10-2-3-12(16)13(17)7-10;/h2-3,7,9,11,14,18,20H,4-6,8H2,1H3,(H,19,21);1H/t9-,11-,14?;/m0./s1. The second kappa shape index (κ2) is 8.67. The van der Waals surface area contributed by atoms with Gasteiger partial charge < -0.3 is 15.7 Å². The van der Waals surface area contributed by atoms with E-state index in [1.165, 1.54) is 12.1 Å². The number of halogens is 3. The van der Waals surface area contributed by atoms with Crippen molar-refractivity contribution in [3.63, 3.8) is 0 Å². The van der Waals surface area contributed by atoms with Crippen LogP contribution in [0, 0.1) is 11.7 Å². The van der Waals surface area contributed by atoms with Gasteiger partial charge in [0.15, 0.2) is 0 Å². The van der Waals surface area contributed by atoms with Crippen molar-refractivity contribution >= 4 is 29.9 Å². The molecule has 1 saturated heterocycles. The summed E-state index contributed by atoms with van der Waals surface area (Å²) in [4.78, 5) is 12.1. The molecular formula is C15H21Cl2FN2O2. The molecule has 0 bridgehead atoms. The van der Waals surface area contributed by atoms with E-state index in [0.29, 0.717) is 11.6 Å². The van der Waals surface area contributed by atoms with E-state index >= 15 is 0 Å². The van der Waals surface area contributed by atoms with Gasteiger partial charge in [0.1, 0.15) is 5.82 Å². The Labute approximate surface area is 140 Å². The van der Waals surface area contributed by atoms with E-state index in [-0.39, 0.29) is 35.8 Å². The van der Waals surface area contributed by atoms with E-state index in [1.807, 2.05) is 6.92 Å². The van der Waals surface area contributed by atoms with E-state index in [4.69, 9.17) is 11.6 Å². The maximum atomic E-state index is 13.3. The Morgan fingerprint density at radius 2 is 2.32 bits per heavy atom. The zero-order valence-corrected chi connectivity index (χ0v) is 13.9. The average molecular weight is 351 g/mol. The molecule has 4 nitrogen and oxygen atoms in total. The van der Waals surface area contributed by atoms with Crippen LogP contribution in [0.1, 0.15) is 31.4 Å². The van der Waals surface area contributed by atoms with Crippen LogP contribution in [-0.4, -0.2) is 30.1 Å². The lowest BCUT2D eigenvalue weighted by molar-refractivity contribution is -0.126. The lowest BCUT2D eigenvalue weighted by Gasteiger charge is -2.27. The number of hydrogen-bond acceptors (Lipinski definition) is 3. The van der Waals surface area contributed by atoms with Crippen LogP contribution in [0.25, 0.3) is 0 Å². The van der Waals surface area contributed by atoms with Crippen LogP contribution < -0.4 is 10.6 Å². The SMILES string of the molecule is C[C@H]1C[C@@H](C(=O)NCC(O)c2ccc(Cl)c(F)c2)CCN1.Cl. The van der Waals surface area contributed by atoms with Gasteiger partial charge in [-0.25, -0.2) is 4.39 Å². The highest BCUT2D eigenvalue weighted by molar-refractivity contribution is 6.30. The van der Waals surface area contributed by atoms with Gasteiger partial charge in [0.2, 0.25) is 5.91 Å². The zero-order valence-electron chi connectivity index (χ0n) is 12.3. The fourth-order valence-electron chi connectivity index (χ4n) is 2.55. The van der Waals surface area contributed by atoms with Crippen molar-refractivity contribution < 1.29 is 14.3 Å². The van der Waals surface area contributed by atoms with Gasteiger partial charge >= 0.3 is 0 Å². The highest BCUT2D eigenvalue weighted by Gasteiger charge is 2.25. The maximum absolute atomic E-state index is 13.3. The molecule has 0 spiro atoms. The largest absolute Gasteiger partial charge is 0.387 e. The monoisotopic (exact) mass is 350 g/mol. The number of hydrogen-bond donors (Lipinski definition) is 3. The van der Waals surface area contributed by atoms with E-state index in [9.17, 15) is 14.3 Å². The highest BCUT2D eigenvalue weighted by atomic mass is 35.5. The molecule has 1 amide bonds. The van der Waals surface area contributed by atoms with Gasteiger partial charge in [-0.3, -0.25) is 4.79 Å². The summed E-state index contributed by atoms with van der Waals surface area (Å²) in [5.74, 6) is -0.668. The molecule has 0 aromatic heterocycles. The number of carbonyl (C=O) groups excluding carboxylic acids is 1. The third-order valence-electron chi connectivity index (χ3n) is 3.79. The number of nitrogens with one attached hydrogen (secondary N) is 2. The lowest BCUT2D eigenvalue weighted by Crippen LogP contribution is -2.43. The Morgan fingerprint density at radius 1 is 1.59 bits per heavy atom. The number of carbonyl (C=O) groups is 1. The molecule has 1 aromatic rings. The van der Waals surface area contributed by atoms with Crippen LogP contribution in [0.15, 0.2) is 18.2 Å². The van der Waals surface area contributed by atoms with Crippen LogP contribution in [0.4, 0.5) is 4.39 Å². The average Bonchev–Trinajstić information content (AvgIpc) is 2.47. The molecule has 0 aliphatic carbocycles. The fraction of sp³-hybridized carbons (Fsp3) is 0.533. The summed E-state index contributed by atoms with van der Waals surface area (Å²) in [5.41, 5.74) is 0.399. The minimum absolute atomic E-state index is 0. The second-order valence-corrected chi connectivity index (χ2v) is 5.92. The Hall–Kier alpha value is -0.880. The normalized spacial score (nSPS) is 22.5. The molecule has 22 heavy (non-hydrogen) atoms. The van der Waals surface area contributed by atoms with Crippen molar-refractivity contribution in [2.75, 3.05) is 13.1 Å². The molecule has 7 heteroatoms. The molecule has 1 unspecified atom stereocenters. The number of rotatable bonds is 4. The van der Waals surface area contributed by atoms with Crippen molar-refractivity contribution in [2.45, 2.75) is 31.9 Å². The minimum Gasteiger partial charge on any atom is -0.387 e. The van der Waals surface area contributed by atoms with E-state index in [0.717, 1.165) is 19.4 Å². The first-order valence-electron chi connectivity index (χ1n) is 7.11. The molecule has 1 heterocycles. The van der Waals surface area contributed by atoms with Crippen molar-refractivity contribution in [1.82, 2.24) is 10.6 Å². The Balaban J connectivity index is 0.00000242. The van der Waals surface area contributed by atoms with Gasteiger partial charge in [0.25, 0.3) is 0 Å². The molecule has 3 atom stereocenters. The first-order chi connectivity index (χ1) is 9.97. The highest BCUT2D eigenvalue weighted by Crippen LogP contribution is 2.20. The third-order valence-corrected chi connectivity index (χ3v) is 4.10. The molecule has 0 saturated carbocycles. The number of aliphatic hydroxyl groups is 1. The summed E-state index contributed by atoms with van der Waals surface area (Å²) in [7, 11) is 0. The first-order valence-corrected chi connectivity index (χ1v) is 7.49. The summed E-state index contributed by atoms with van der Waals surface area (Å²) in [6.45, 7) is 2.94. The fourth-order valence-corrected chi connectivity index (χ4v) is 2.67. The quantitative estimate of drug-likeness (QED) is 0.781. The van der Waals surface area contributed by atoms with E-state index in [1.54, 1.807) is 6.07 Å². The molecular weight excluding hydrogens is 330 g/mol. The van der Waals surface area contributed by atoms with Gasteiger partial charge in [-0.2, -0.15) is 0 Å². The van der Waals surface area contributed by atoms with Crippen LogP contribution in [0.2, 0.25) is 5.02 Å². The second-order valence-electron chi connectivity index (χ2n) is 5.51. The molecule has 124 valence electrons. The number of benzene rings is 1. The minimum atomic E-state index is -0.945. The molecule has 2 rings (SSSR count). The summed E-state index contributed by atoms with van der Waals surface area (Å²) < 4.78 is 13.3. The zero-order chi connectivity index (χ0) is 15.4. The van der Waals surface area contributed by atoms with Gasteiger partial charge in [0, 0.05) is 18.5 Å². The first kappa shape index (κ1) is 19.2. The maximum Gasteiger partial charge on any atom is 0.223 e. The summed E-state index contributed by atoms with van der Waals surface area (Å²) in [6.07, 6.45) is 0.638. The predicted octanol–water partition coefficient (Wildman–Crippen LogP) is 2.44. The molecule has 1 fully saturated rings. The van der Waals surface area contributed by atoms with Crippen LogP contribution in [-0.2, 0) is 4.79 Å². The molecule has 1 aliphatic rings. The van der Waals surface area contributed by atoms with E-state index < -0.39 is 11.9 Å². The Morgan fingerprint density at radius 3 is 2.95 bits per heavy atom. The van der Waals surface area contributed by atoms with Gasteiger partial charge in [0.05, 0.1) is 11.1 Å². The van der Waals surface area contributed by atoms with Crippen molar-refractivity contribution in [3.8, 4) is 0 Å². The molecule has 1 aliphatic heterocycles. The van der Waals surface area contributed by atoms with Gasteiger partial charge in [-0.1, -0.05) is 17.7 Å². The number of amides is 1. The smallest absolute Gasteiger partial charge is 0.223 e. The number of aliphatic hydroxyl groups excluding tert-OH is 1. The third kappa shape index (κ3) is 5.09. The van der Waals surface area contributed by atoms with Gasteiger partial charge in [-0.15, -0.1) is 12.4 Å².